The number of hydrogen-bond donors (Lipinski definition) is 2. The van der Waals surface area contributed by atoms with Crippen LogP contribution in [0, 0.1) is 0 Å². The van der Waals surface area contributed by atoms with Gasteiger partial charge in [0.2, 0.25) is 0 Å². The number of nitrogens with zero attached hydrogens (tertiary/aromatic N) is 1. The third-order valence-electron chi connectivity index (χ3n) is 6.77. The number of hydrogen-bond acceptors (Lipinski definition) is 6. The third-order valence-corrected chi connectivity index (χ3v) is 7.64. The molecule has 2 aromatic carbocycles. The van der Waals surface area contributed by atoms with Gasteiger partial charge in [-0.05, 0) is 49.1 Å². The van der Waals surface area contributed by atoms with E-state index in [9.17, 15) is 9.90 Å². The summed E-state index contributed by atoms with van der Waals surface area (Å²) in [6, 6.07) is 11.3. The fraction of sp³-hybridized carbons (Fsp3) is 0.519. The molecule has 0 aromatic heterocycles. The first kappa shape index (κ1) is 31.5. The molecule has 0 bridgehead atoms. The highest BCUT2D eigenvalue weighted by molar-refractivity contribution is 6.44. The molecule has 0 aliphatic carbocycles. The average molecular weight is 576 g/mol. The Morgan fingerprint density at radius 2 is 1.76 bits per heavy atom. The summed E-state index contributed by atoms with van der Waals surface area (Å²) < 4.78 is 16.3. The van der Waals surface area contributed by atoms with Gasteiger partial charge in [-0.25, -0.2) is 0 Å². The molecular formula is C27H37Cl3N2O5. The van der Waals surface area contributed by atoms with Crippen LogP contribution in [0.3, 0.4) is 0 Å². The van der Waals surface area contributed by atoms with E-state index in [0.717, 1.165) is 25.0 Å². The Kier molecular flexibility index (Phi) is 12.8. The van der Waals surface area contributed by atoms with Crippen molar-refractivity contribution in [3.05, 3.63) is 57.6 Å². The summed E-state index contributed by atoms with van der Waals surface area (Å²) in [6.45, 7) is 6.71. The monoisotopic (exact) mass is 574 g/mol. The van der Waals surface area contributed by atoms with Crippen molar-refractivity contribution < 1.29 is 24.1 Å². The zero-order chi connectivity index (χ0) is 26.1. The van der Waals surface area contributed by atoms with Gasteiger partial charge in [-0.3, -0.25) is 4.79 Å². The largest absolute Gasteiger partial charge is 0.497 e. The Bertz CT molecular complexity index is 996. The Hall–Kier alpha value is -1.74. The number of ether oxygens (including phenoxy) is 3. The number of nitrogens with one attached hydrogen (secondary N) is 1. The zero-order valence-corrected chi connectivity index (χ0v) is 23.9. The highest BCUT2D eigenvalue weighted by Gasteiger charge is 2.27. The minimum Gasteiger partial charge on any atom is -0.497 e. The lowest BCUT2D eigenvalue weighted by Gasteiger charge is -2.34. The number of morpholine rings is 1. The van der Waals surface area contributed by atoms with E-state index in [1.165, 1.54) is 5.56 Å². The predicted octanol–water partition coefficient (Wildman–Crippen LogP) is 5.03. The fourth-order valence-corrected chi connectivity index (χ4v) is 4.73. The molecule has 0 spiro atoms. The molecule has 0 saturated carbocycles. The third kappa shape index (κ3) is 8.37. The molecule has 0 radical (unpaired) electrons. The average Bonchev–Trinajstić information content (AvgIpc) is 2.92. The van der Waals surface area contributed by atoms with Crippen molar-refractivity contribution in [3.63, 3.8) is 0 Å². The number of aliphatic hydroxyl groups excluding tert-OH is 1. The van der Waals surface area contributed by atoms with Gasteiger partial charge in [-0.15, -0.1) is 12.4 Å². The molecule has 1 fully saturated rings. The second-order valence-corrected chi connectivity index (χ2v) is 9.76. The van der Waals surface area contributed by atoms with E-state index in [-0.39, 0.29) is 40.5 Å². The van der Waals surface area contributed by atoms with Crippen LogP contribution in [0.15, 0.2) is 36.4 Å². The van der Waals surface area contributed by atoms with Crippen molar-refractivity contribution >= 4 is 41.5 Å². The van der Waals surface area contributed by atoms with E-state index in [2.05, 4.69) is 31.3 Å². The van der Waals surface area contributed by atoms with E-state index in [1.807, 2.05) is 12.1 Å². The SMILES string of the molecule is CCC(CC)(Cc1ccc(OC)cc1)NC[C@@H](O)COc1ccc(C(=O)N2CCOCC2)c(Cl)c1Cl.Cl. The number of halogens is 3. The number of amides is 1. The molecule has 1 aliphatic rings. The molecule has 7 nitrogen and oxygen atoms in total. The molecule has 2 aromatic rings. The van der Waals surface area contributed by atoms with Crippen molar-refractivity contribution in [3.8, 4) is 11.5 Å². The number of benzene rings is 2. The second kappa shape index (κ2) is 15.0. The quantitative estimate of drug-likeness (QED) is 0.370. The molecule has 1 aliphatic heterocycles. The van der Waals surface area contributed by atoms with E-state index in [1.54, 1.807) is 24.1 Å². The maximum Gasteiger partial charge on any atom is 0.255 e. The first-order valence-electron chi connectivity index (χ1n) is 12.4. The topological polar surface area (TPSA) is 80.3 Å². The van der Waals surface area contributed by atoms with Crippen LogP contribution in [0.4, 0.5) is 0 Å². The van der Waals surface area contributed by atoms with Gasteiger partial charge in [-0.2, -0.15) is 0 Å². The summed E-state index contributed by atoms with van der Waals surface area (Å²) >= 11 is 12.8. The molecule has 1 saturated heterocycles. The molecular weight excluding hydrogens is 539 g/mol. The molecule has 10 heteroatoms. The first-order valence-corrected chi connectivity index (χ1v) is 13.1. The number of carbonyl (C=O) groups is 1. The van der Waals surface area contributed by atoms with Gasteiger partial charge in [0.25, 0.3) is 5.91 Å². The van der Waals surface area contributed by atoms with E-state index < -0.39 is 6.10 Å². The summed E-state index contributed by atoms with van der Waals surface area (Å²) in [5.74, 6) is 0.971. The van der Waals surface area contributed by atoms with Gasteiger partial charge in [0.15, 0.2) is 0 Å². The number of carbonyl (C=O) groups excluding carboxylic acids is 1. The molecule has 1 amide bonds. The van der Waals surface area contributed by atoms with Crippen LogP contribution in [0.1, 0.15) is 42.6 Å². The van der Waals surface area contributed by atoms with Crippen LogP contribution in [0.5, 0.6) is 11.5 Å². The van der Waals surface area contributed by atoms with E-state index in [0.29, 0.717) is 44.2 Å². The van der Waals surface area contributed by atoms with Crippen molar-refractivity contribution in [1.82, 2.24) is 10.2 Å². The van der Waals surface area contributed by atoms with Crippen LogP contribution in [0.25, 0.3) is 0 Å². The Morgan fingerprint density at radius 1 is 1.11 bits per heavy atom. The number of rotatable bonds is 12. The van der Waals surface area contributed by atoms with E-state index in [4.69, 9.17) is 37.4 Å². The van der Waals surface area contributed by atoms with Crippen molar-refractivity contribution in [2.24, 2.45) is 0 Å². The summed E-state index contributed by atoms with van der Waals surface area (Å²) in [5.41, 5.74) is 1.37. The van der Waals surface area contributed by atoms with Gasteiger partial charge >= 0.3 is 0 Å². The molecule has 37 heavy (non-hydrogen) atoms. The molecule has 0 unspecified atom stereocenters. The minimum atomic E-state index is -0.761. The molecule has 1 atom stereocenters. The predicted molar refractivity (Wildman–Crippen MR) is 150 cm³/mol. The summed E-state index contributed by atoms with van der Waals surface area (Å²) in [5, 5.41) is 14.5. The number of methoxy groups -OCH3 is 1. The molecule has 206 valence electrons. The zero-order valence-electron chi connectivity index (χ0n) is 21.6. The van der Waals surface area contributed by atoms with Crippen LogP contribution < -0.4 is 14.8 Å². The first-order chi connectivity index (χ1) is 17.3. The van der Waals surface area contributed by atoms with Crippen LogP contribution >= 0.6 is 35.6 Å². The van der Waals surface area contributed by atoms with Gasteiger partial charge < -0.3 is 29.5 Å². The fourth-order valence-electron chi connectivity index (χ4n) is 4.27. The highest BCUT2D eigenvalue weighted by Crippen LogP contribution is 2.35. The Labute approximate surface area is 235 Å². The van der Waals surface area contributed by atoms with Gasteiger partial charge in [0, 0.05) is 25.2 Å². The Morgan fingerprint density at radius 3 is 2.35 bits per heavy atom. The van der Waals surface area contributed by atoms with Crippen LogP contribution in [-0.4, -0.2) is 74.1 Å². The molecule has 2 N–H and O–H groups in total. The standard InChI is InChI=1S/C27H36Cl2N2O5.ClH/c1-4-27(5-2,16-19-6-8-21(34-3)9-7-19)30-17-20(32)18-36-23-11-10-22(24(28)25(23)29)26(33)31-12-14-35-15-13-31;/h6-11,20,30,32H,4-5,12-18H2,1-3H3;1H/t20-;/m1./s1. The summed E-state index contributed by atoms with van der Waals surface area (Å²) in [4.78, 5) is 14.5. The van der Waals surface area contributed by atoms with Crippen molar-refractivity contribution in [2.75, 3.05) is 46.6 Å². The van der Waals surface area contributed by atoms with Gasteiger partial charge in [0.05, 0.1) is 30.9 Å². The van der Waals surface area contributed by atoms with Gasteiger partial charge in [0.1, 0.15) is 29.2 Å². The second-order valence-electron chi connectivity index (χ2n) is 9.00. The summed E-state index contributed by atoms with van der Waals surface area (Å²) in [7, 11) is 1.66. The minimum absolute atomic E-state index is 0. The summed E-state index contributed by atoms with van der Waals surface area (Å²) in [6.07, 6.45) is 1.88. The number of β-amino-alcohol motifs (C(OH)–C–C–N with tert-alkyl or cyclic N) is 1. The van der Waals surface area contributed by atoms with Crippen LogP contribution in [-0.2, 0) is 11.2 Å². The van der Waals surface area contributed by atoms with Crippen LogP contribution in [0.2, 0.25) is 10.0 Å². The lowest BCUT2D eigenvalue weighted by Crippen LogP contribution is -2.49. The normalized spacial score (nSPS) is 14.6. The highest BCUT2D eigenvalue weighted by atomic mass is 35.5. The van der Waals surface area contributed by atoms with Crippen molar-refractivity contribution in [1.29, 1.82) is 0 Å². The lowest BCUT2D eigenvalue weighted by molar-refractivity contribution is 0.0303. The molecule has 1 heterocycles. The maximum atomic E-state index is 12.8. The van der Waals surface area contributed by atoms with Gasteiger partial charge in [-0.1, -0.05) is 49.2 Å². The lowest BCUT2D eigenvalue weighted by atomic mass is 9.85. The maximum absolute atomic E-state index is 12.8. The van der Waals surface area contributed by atoms with Crippen molar-refractivity contribution in [2.45, 2.75) is 44.8 Å². The smallest absolute Gasteiger partial charge is 0.255 e. The molecule has 3 rings (SSSR count). The number of aliphatic hydroxyl groups is 1. The van der Waals surface area contributed by atoms with E-state index >= 15 is 0 Å². The Balaban J connectivity index is 0.00000481.